The lowest BCUT2D eigenvalue weighted by atomic mass is 9.77. The van der Waals surface area contributed by atoms with Gasteiger partial charge in [-0.1, -0.05) is 30.3 Å². The minimum absolute atomic E-state index is 0.140. The average molecular weight is 421 g/mol. The van der Waals surface area contributed by atoms with Gasteiger partial charge in [0.1, 0.15) is 6.04 Å². The van der Waals surface area contributed by atoms with E-state index in [9.17, 15) is 4.79 Å². The molecule has 0 spiro atoms. The van der Waals surface area contributed by atoms with Crippen LogP contribution in [0, 0.1) is 5.92 Å². The standard InChI is InChI=1S/C24H28N4O3/c29-24(23-19-7-6-17-3-1-2-4-18(17)22(19)25-26-23)28-11-9-27(10-12-28)14-16-5-8-20-21(13-16)31-15-30-20/h1-5,8,13,19,22-23,25-26H,6-7,9-12,14-15H2. The summed E-state index contributed by atoms with van der Waals surface area (Å²) in [6.45, 7) is 4.49. The molecule has 1 aliphatic carbocycles. The highest BCUT2D eigenvalue weighted by atomic mass is 16.7. The monoisotopic (exact) mass is 420 g/mol. The quantitative estimate of drug-likeness (QED) is 0.790. The van der Waals surface area contributed by atoms with Gasteiger partial charge < -0.3 is 14.4 Å². The van der Waals surface area contributed by atoms with Crippen molar-refractivity contribution in [1.82, 2.24) is 20.7 Å². The van der Waals surface area contributed by atoms with Crippen LogP contribution in [-0.2, 0) is 17.8 Å². The second kappa shape index (κ2) is 7.82. The number of carbonyl (C=O) groups excluding carboxylic acids is 1. The van der Waals surface area contributed by atoms with Crippen LogP contribution in [0.4, 0.5) is 0 Å². The molecule has 2 aromatic rings. The molecule has 3 unspecified atom stereocenters. The Hall–Kier alpha value is -2.61. The second-order valence-corrected chi connectivity index (χ2v) is 8.93. The summed E-state index contributed by atoms with van der Waals surface area (Å²) in [6.07, 6.45) is 2.09. The molecule has 0 saturated carbocycles. The van der Waals surface area contributed by atoms with Crippen LogP contribution in [-0.4, -0.2) is 54.7 Å². The van der Waals surface area contributed by atoms with Crippen LogP contribution in [0.2, 0.25) is 0 Å². The van der Waals surface area contributed by atoms with E-state index in [1.165, 1.54) is 16.7 Å². The van der Waals surface area contributed by atoms with Gasteiger partial charge in [0.2, 0.25) is 12.7 Å². The number of aryl methyl sites for hydroxylation is 1. The summed E-state index contributed by atoms with van der Waals surface area (Å²) >= 11 is 0. The molecule has 162 valence electrons. The third-order valence-corrected chi connectivity index (χ3v) is 7.18. The number of hydrogen-bond donors (Lipinski definition) is 2. The first-order valence-corrected chi connectivity index (χ1v) is 11.2. The van der Waals surface area contributed by atoms with Crippen LogP contribution < -0.4 is 20.3 Å². The van der Waals surface area contributed by atoms with Crippen LogP contribution in [0.15, 0.2) is 42.5 Å². The number of piperazine rings is 1. The Morgan fingerprint density at radius 1 is 1.00 bits per heavy atom. The molecule has 7 heteroatoms. The van der Waals surface area contributed by atoms with Crippen molar-refractivity contribution >= 4 is 5.91 Å². The fraction of sp³-hybridized carbons (Fsp3) is 0.458. The van der Waals surface area contributed by atoms with E-state index in [2.05, 4.69) is 52.1 Å². The lowest BCUT2D eigenvalue weighted by Crippen LogP contribution is -2.54. The normalized spacial score (nSPS) is 27.1. The van der Waals surface area contributed by atoms with Crippen molar-refractivity contribution in [2.75, 3.05) is 33.0 Å². The largest absolute Gasteiger partial charge is 0.454 e. The second-order valence-electron chi connectivity index (χ2n) is 8.93. The Morgan fingerprint density at radius 3 is 2.74 bits per heavy atom. The molecule has 3 atom stereocenters. The van der Waals surface area contributed by atoms with Gasteiger partial charge in [-0.15, -0.1) is 0 Å². The molecule has 0 radical (unpaired) electrons. The first-order chi connectivity index (χ1) is 15.3. The number of nitrogens with zero attached hydrogens (tertiary/aromatic N) is 2. The summed E-state index contributed by atoms with van der Waals surface area (Å²) in [6, 6.07) is 14.8. The Kier molecular flexibility index (Phi) is 4.82. The van der Waals surface area contributed by atoms with Gasteiger partial charge in [-0.25, -0.2) is 10.9 Å². The van der Waals surface area contributed by atoms with E-state index in [0.717, 1.165) is 57.1 Å². The number of fused-ring (bicyclic) bond motifs is 4. The van der Waals surface area contributed by atoms with Crippen molar-refractivity contribution in [3.05, 3.63) is 59.2 Å². The highest BCUT2D eigenvalue weighted by Crippen LogP contribution is 2.39. The highest BCUT2D eigenvalue weighted by molar-refractivity contribution is 5.83. The molecule has 2 aromatic carbocycles. The van der Waals surface area contributed by atoms with Crippen molar-refractivity contribution in [3.8, 4) is 11.5 Å². The number of rotatable bonds is 3. The lowest BCUT2D eigenvalue weighted by molar-refractivity contribution is -0.136. The zero-order valence-electron chi connectivity index (χ0n) is 17.5. The Balaban J connectivity index is 1.07. The molecule has 0 aromatic heterocycles. The van der Waals surface area contributed by atoms with Gasteiger partial charge >= 0.3 is 0 Å². The molecule has 3 heterocycles. The van der Waals surface area contributed by atoms with Gasteiger partial charge in [0, 0.05) is 38.6 Å². The molecular formula is C24H28N4O3. The zero-order valence-corrected chi connectivity index (χ0v) is 17.5. The van der Waals surface area contributed by atoms with Crippen LogP contribution in [0.25, 0.3) is 0 Å². The summed E-state index contributed by atoms with van der Waals surface area (Å²) in [5, 5.41) is 0. The molecule has 1 amide bonds. The summed E-state index contributed by atoms with van der Waals surface area (Å²) < 4.78 is 10.9. The van der Waals surface area contributed by atoms with Crippen LogP contribution in [0.3, 0.4) is 0 Å². The maximum absolute atomic E-state index is 13.3. The average Bonchev–Trinajstić information content (AvgIpc) is 3.46. The summed E-state index contributed by atoms with van der Waals surface area (Å²) in [5.74, 6) is 2.20. The molecule has 4 aliphatic rings. The van der Waals surface area contributed by atoms with Gasteiger partial charge in [0.05, 0.1) is 6.04 Å². The predicted octanol–water partition coefficient (Wildman–Crippen LogP) is 1.84. The maximum Gasteiger partial charge on any atom is 0.241 e. The van der Waals surface area contributed by atoms with E-state index < -0.39 is 0 Å². The molecule has 7 nitrogen and oxygen atoms in total. The van der Waals surface area contributed by atoms with Crippen LogP contribution >= 0.6 is 0 Å². The van der Waals surface area contributed by atoms with E-state index in [1.54, 1.807) is 0 Å². The number of hydrogen-bond acceptors (Lipinski definition) is 6. The molecule has 3 aliphatic heterocycles. The molecule has 2 saturated heterocycles. The highest BCUT2D eigenvalue weighted by Gasteiger charge is 2.44. The predicted molar refractivity (Wildman–Crippen MR) is 115 cm³/mol. The molecule has 6 rings (SSSR count). The van der Waals surface area contributed by atoms with Crippen molar-refractivity contribution in [3.63, 3.8) is 0 Å². The fourth-order valence-corrected chi connectivity index (χ4v) is 5.48. The maximum atomic E-state index is 13.3. The van der Waals surface area contributed by atoms with Crippen molar-refractivity contribution < 1.29 is 14.3 Å². The van der Waals surface area contributed by atoms with E-state index in [0.29, 0.717) is 12.7 Å². The first-order valence-electron chi connectivity index (χ1n) is 11.2. The SMILES string of the molecule is O=C(C1NNC2c3ccccc3CCC12)N1CCN(Cc2ccc3c(c2)OCO3)CC1. The first kappa shape index (κ1) is 19.1. The topological polar surface area (TPSA) is 66.1 Å². The Labute approximate surface area is 182 Å². The number of carbonyl (C=O) groups is 1. The van der Waals surface area contributed by atoms with Crippen molar-refractivity contribution in [2.45, 2.75) is 31.5 Å². The molecule has 0 bridgehead atoms. The minimum atomic E-state index is -0.140. The third kappa shape index (κ3) is 3.46. The summed E-state index contributed by atoms with van der Waals surface area (Å²) in [4.78, 5) is 17.8. The van der Waals surface area contributed by atoms with Crippen molar-refractivity contribution in [1.29, 1.82) is 0 Å². The number of nitrogens with one attached hydrogen (secondary N) is 2. The molecule has 31 heavy (non-hydrogen) atoms. The Morgan fingerprint density at radius 2 is 1.84 bits per heavy atom. The zero-order chi connectivity index (χ0) is 20.8. The molecule has 2 fully saturated rings. The van der Waals surface area contributed by atoms with Crippen LogP contribution in [0.1, 0.15) is 29.2 Å². The van der Waals surface area contributed by atoms with Gasteiger partial charge in [0.15, 0.2) is 11.5 Å². The van der Waals surface area contributed by atoms with E-state index in [-0.39, 0.29) is 18.0 Å². The summed E-state index contributed by atoms with van der Waals surface area (Å²) in [7, 11) is 0. The van der Waals surface area contributed by atoms with Gasteiger partial charge in [0.25, 0.3) is 0 Å². The smallest absolute Gasteiger partial charge is 0.241 e. The summed E-state index contributed by atoms with van der Waals surface area (Å²) in [5.41, 5.74) is 10.7. The Bertz CT molecular complexity index is 989. The fourth-order valence-electron chi connectivity index (χ4n) is 5.48. The van der Waals surface area contributed by atoms with E-state index >= 15 is 0 Å². The van der Waals surface area contributed by atoms with Gasteiger partial charge in [-0.3, -0.25) is 9.69 Å². The number of ether oxygens (including phenoxy) is 2. The van der Waals surface area contributed by atoms with Gasteiger partial charge in [-0.05, 0) is 41.7 Å². The minimum Gasteiger partial charge on any atom is -0.454 e. The number of benzene rings is 2. The van der Waals surface area contributed by atoms with Crippen molar-refractivity contribution in [2.24, 2.45) is 5.92 Å². The molecular weight excluding hydrogens is 392 g/mol. The van der Waals surface area contributed by atoms with Gasteiger partial charge in [-0.2, -0.15) is 0 Å². The van der Waals surface area contributed by atoms with E-state index in [4.69, 9.17) is 9.47 Å². The van der Waals surface area contributed by atoms with E-state index in [1.807, 2.05) is 11.0 Å². The lowest BCUT2D eigenvalue weighted by Gasteiger charge is -2.37. The number of amides is 1. The third-order valence-electron chi connectivity index (χ3n) is 7.18. The molecule has 2 N–H and O–H groups in total. The number of hydrazine groups is 1. The van der Waals surface area contributed by atoms with Crippen LogP contribution in [0.5, 0.6) is 11.5 Å².